The molecule has 0 spiro atoms. The highest BCUT2D eigenvalue weighted by atomic mass is 16.3. The molecule has 0 amide bonds. The molecule has 33 heavy (non-hydrogen) atoms. The minimum absolute atomic E-state index is 0.0404. The lowest BCUT2D eigenvalue weighted by Gasteiger charge is -2.72. The standard InChI is InChI=1S/C30H50O3/c1-17-15-23(32)30(8)24(33)16-29(7)19(25(30)18(17)2)9-10-21-27(5)13-12-22(31)26(3,4)20(27)11-14-28(21,29)6/h9,17-18,20-25,31-33H,10-16H2,1-8H3/t17-,18+,20+,21-,22+,23-,24+,25+,27+,28-,29-,30-/m1/s1. The molecule has 0 radical (unpaired) electrons. The van der Waals surface area contributed by atoms with Crippen LogP contribution in [0, 0.1) is 56.7 Å². The molecule has 0 aromatic heterocycles. The van der Waals surface area contributed by atoms with E-state index in [1.165, 1.54) is 12.8 Å². The molecular weight excluding hydrogens is 408 g/mol. The second-order valence-corrected chi connectivity index (χ2v) is 14.8. The van der Waals surface area contributed by atoms with Crippen molar-refractivity contribution >= 4 is 0 Å². The van der Waals surface area contributed by atoms with Crippen LogP contribution in [0.3, 0.4) is 0 Å². The fraction of sp³-hybridized carbons (Fsp3) is 0.933. The largest absolute Gasteiger partial charge is 0.393 e. The molecule has 0 aromatic rings. The lowest BCUT2D eigenvalue weighted by molar-refractivity contribution is -0.227. The fourth-order valence-corrected chi connectivity index (χ4v) is 10.9. The van der Waals surface area contributed by atoms with Gasteiger partial charge in [0, 0.05) is 5.41 Å². The van der Waals surface area contributed by atoms with Gasteiger partial charge in [-0.2, -0.15) is 0 Å². The van der Waals surface area contributed by atoms with Gasteiger partial charge >= 0.3 is 0 Å². The van der Waals surface area contributed by atoms with Crippen molar-refractivity contribution in [3.8, 4) is 0 Å². The zero-order valence-electron chi connectivity index (χ0n) is 22.5. The van der Waals surface area contributed by atoms with Crippen molar-refractivity contribution < 1.29 is 15.3 Å². The average Bonchev–Trinajstić information content (AvgIpc) is 2.71. The summed E-state index contributed by atoms with van der Waals surface area (Å²) < 4.78 is 0. The maximum Gasteiger partial charge on any atom is 0.0632 e. The number of fused-ring (bicyclic) bond motifs is 7. The zero-order chi connectivity index (χ0) is 24.4. The van der Waals surface area contributed by atoms with Crippen molar-refractivity contribution in [3.63, 3.8) is 0 Å². The van der Waals surface area contributed by atoms with E-state index in [4.69, 9.17) is 0 Å². The van der Waals surface area contributed by atoms with Crippen molar-refractivity contribution in [3.05, 3.63) is 11.6 Å². The zero-order valence-corrected chi connectivity index (χ0v) is 22.5. The Bertz CT molecular complexity index is 847. The summed E-state index contributed by atoms with van der Waals surface area (Å²) in [5.74, 6) is 2.29. The van der Waals surface area contributed by atoms with Gasteiger partial charge in [0.2, 0.25) is 0 Å². The van der Waals surface area contributed by atoms with Crippen LogP contribution in [-0.4, -0.2) is 33.6 Å². The van der Waals surface area contributed by atoms with Gasteiger partial charge in [-0.05, 0) is 96.2 Å². The van der Waals surface area contributed by atoms with Crippen LogP contribution in [0.5, 0.6) is 0 Å². The summed E-state index contributed by atoms with van der Waals surface area (Å²) in [6.07, 6.45) is 8.52. The molecule has 4 fully saturated rings. The van der Waals surface area contributed by atoms with Crippen LogP contribution in [0.25, 0.3) is 0 Å². The third kappa shape index (κ3) is 2.74. The monoisotopic (exact) mass is 458 g/mol. The Morgan fingerprint density at radius 1 is 0.818 bits per heavy atom. The molecule has 0 unspecified atom stereocenters. The molecular formula is C30H50O3. The summed E-state index contributed by atoms with van der Waals surface area (Å²) in [7, 11) is 0. The molecule has 5 aliphatic carbocycles. The lowest BCUT2D eigenvalue weighted by Crippen LogP contribution is -2.68. The van der Waals surface area contributed by atoms with Gasteiger partial charge in [0.1, 0.15) is 0 Å². The molecule has 5 rings (SSSR count). The Balaban J connectivity index is 1.63. The predicted molar refractivity (Wildman–Crippen MR) is 133 cm³/mol. The first-order chi connectivity index (χ1) is 15.2. The number of aliphatic hydroxyl groups is 3. The Morgan fingerprint density at radius 3 is 2.15 bits per heavy atom. The molecule has 3 heteroatoms. The van der Waals surface area contributed by atoms with E-state index < -0.39 is 17.6 Å². The van der Waals surface area contributed by atoms with E-state index in [0.717, 1.165) is 32.1 Å². The first kappa shape index (κ1) is 24.3. The van der Waals surface area contributed by atoms with E-state index >= 15 is 0 Å². The van der Waals surface area contributed by atoms with Crippen molar-refractivity contribution in [1.29, 1.82) is 0 Å². The van der Waals surface area contributed by atoms with Crippen LogP contribution >= 0.6 is 0 Å². The van der Waals surface area contributed by atoms with E-state index in [9.17, 15) is 15.3 Å². The van der Waals surface area contributed by atoms with E-state index in [0.29, 0.717) is 23.7 Å². The third-order valence-electron chi connectivity index (χ3n) is 13.6. The van der Waals surface area contributed by atoms with Crippen molar-refractivity contribution in [2.45, 2.75) is 119 Å². The SMILES string of the molecule is C[C@H]1[C@H](C)C[C@@H](O)[C@@]2(C)[C@@H]1C1=CC[C@@H]3[C@@]4(C)CC[C@H](O)C(C)(C)[C@@H]4CC[C@@]3(C)[C@]1(C)C[C@@H]2O. The summed E-state index contributed by atoms with van der Waals surface area (Å²) in [5.41, 5.74) is 1.38. The van der Waals surface area contributed by atoms with Crippen LogP contribution in [0.2, 0.25) is 0 Å². The van der Waals surface area contributed by atoms with Gasteiger partial charge < -0.3 is 15.3 Å². The maximum atomic E-state index is 11.7. The fourth-order valence-electron chi connectivity index (χ4n) is 10.9. The molecule has 12 atom stereocenters. The molecule has 0 saturated heterocycles. The summed E-state index contributed by atoms with van der Waals surface area (Å²) in [6.45, 7) is 19.0. The summed E-state index contributed by atoms with van der Waals surface area (Å²) >= 11 is 0. The van der Waals surface area contributed by atoms with Crippen LogP contribution in [0.1, 0.15) is 100 Å². The lowest BCUT2D eigenvalue weighted by atomic mass is 9.33. The smallest absolute Gasteiger partial charge is 0.0632 e. The Hall–Kier alpha value is -0.380. The van der Waals surface area contributed by atoms with E-state index in [1.807, 2.05) is 0 Å². The molecule has 3 nitrogen and oxygen atoms in total. The molecule has 0 bridgehead atoms. The van der Waals surface area contributed by atoms with Crippen molar-refractivity contribution in [2.24, 2.45) is 56.7 Å². The summed E-state index contributed by atoms with van der Waals surface area (Å²) in [5, 5.41) is 33.9. The first-order valence-corrected chi connectivity index (χ1v) is 13.9. The van der Waals surface area contributed by atoms with Crippen molar-refractivity contribution in [2.75, 3.05) is 0 Å². The van der Waals surface area contributed by atoms with Gasteiger partial charge in [-0.1, -0.05) is 67.0 Å². The average molecular weight is 459 g/mol. The summed E-state index contributed by atoms with van der Waals surface area (Å²) in [4.78, 5) is 0. The van der Waals surface area contributed by atoms with Crippen molar-refractivity contribution in [1.82, 2.24) is 0 Å². The third-order valence-corrected chi connectivity index (χ3v) is 13.6. The number of aliphatic hydroxyl groups excluding tert-OH is 3. The number of hydrogen-bond acceptors (Lipinski definition) is 3. The number of hydrogen-bond donors (Lipinski definition) is 3. The first-order valence-electron chi connectivity index (χ1n) is 13.9. The molecule has 0 heterocycles. The Morgan fingerprint density at radius 2 is 1.48 bits per heavy atom. The van der Waals surface area contributed by atoms with Gasteiger partial charge in [0.25, 0.3) is 0 Å². The molecule has 4 saturated carbocycles. The van der Waals surface area contributed by atoms with Gasteiger partial charge in [-0.3, -0.25) is 0 Å². The highest BCUT2D eigenvalue weighted by molar-refractivity contribution is 5.35. The number of rotatable bonds is 0. The van der Waals surface area contributed by atoms with E-state index in [1.54, 1.807) is 5.57 Å². The molecule has 5 aliphatic rings. The minimum Gasteiger partial charge on any atom is -0.393 e. The highest BCUT2D eigenvalue weighted by Gasteiger charge is 2.70. The molecule has 0 aromatic carbocycles. The second-order valence-electron chi connectivity index (χ2n) is 14.8. The normalized spacial score (nSPS) is 60.0. The molecule has 0 aliphatic heterocycles. The minimum atomic E-state index is -0.472. The van der Waals surface area contributed by atoms with Crippen LogP contribution < -0.4 is 0 Å². The van der Waals surface area contributed by atoms with Gasteiger partial charge in [-0.15, -0.1) is 0 Å². The van der Waals surface area contributed by atoms with Gasteiger partial charge in [0.15, 0.2) is 0 Å². The second kappa shape index (κ2) is 7.10. The van der Waals surface area contributed by atoms with Crippen LogP contribution in [-0.2, 0) is 0 Å². The van der Waals surface area contributed by atoms with Crippen LogP contribution in [0.4, 0.5) is 0 Å². The molecule has 3 N–H and O–H groups in total. The quantitative estimate of drug-likeness (QED) is 0.392. The topological polar surface area (TPSA) is 60.7 Å². The van der Waals surface area contributed by atoms with Gasteiger partial charge in [-0.25, -0.2) is 0 Å². The number of allylic oxidation sites excluding steroid dienone is 2. The van der Waals surface area contributed by atoms with Crippen LogP contribution in [0.15, 0.2) is 11.6 Å². The van der Waals surface area contributed by atoms with Gasteiger partial charge in [0.05, 0.1) is 18.3 Å². The van der Waals surface area contributed by atoms with E-state index in [-0.39, 0.29) is 33.7 Å². The maximum absolute atomic E-state index is 11.7. The summed E-state index contributed by atoms with van der Waals surface area (Å²) in [6, 6.07) is 0. The predicted octanol–water partition coefficient (Wildman–Crippen LogP) is 5.97. The molecule has 188 valence electrons. The Labute approximate surface area is 202 Å². The Kier molecular flexibility index (Phi) is 5.23. The van der Waals surface area contributed by atoms with E-state index in [2.05, 4.69) is 61.5 Å². The highest BCUT2D eigenvalue weighted by Crippen LogP contribution is 2.75.